The Labute approximate surface area is 234 Å². The van der Waals surface area contributed by atoms with Gasteiger partial charge in [0.15, 0.2) is 0 Å². The zero-order valence-electron chi connectivity index (χ0n) is 23.3. The molecular weight excluding hydrogens is 510 g/mol. The summed E-state index contributed by atoms with van der Waals surface area (Å²) in [4.78, 5) is 44.1. The van der Waals surface area contributed by atoms with Gasteiger partial charge in [-0.3, -0.25) is 19.3 Å². The van der Waals surface area contributed by atoms with Crippen molar-refractivity contribution in [2.75, 3.05) is 39.3 Å². The van der Waals surface area contributed by atoms with Gasteiger partial charge in [-0.25, -0.2) is 0 Å². The maximum Gasteiger partial charge on any atom is 0.259 e. The van der Waals surface area contributed by atoms with Crippen molar-refractivity contribution in [1.82, 2.24) is 10.2 Å². The van der Waals surface area contributed by atoms with Crippen molar-refractivity contribution < 1.29 is 28.6 Å². The quantitative estimate of drug-likeness (QED) is 0.436. The molecule has 9 heteroatoms. The molecule has 0 bridgehead atoms. The van der Waals surface area contributed by atoms with E-state index in [9.17, 15) is 14.4 Å². The van der Waals surface area contributed by atoms with Crippen LogP contribution in [0.15, 0.2) is 72.8 Å². The van der Waals surface area contributed by atoms with Gasteiger partial charge in [0.2, 0.25) is 11.8 Å². The molecule has 0 aliphatic carbocycles. The van der Waals surface area contributed by atoms with Gasteiger partial charge in [-0.05, 0) is 42.7 Å². The molecule has 3 aromatic rings. The van der Waals surface area contributed by atoms with Crippen LogP contribution in [0.1, 0.15) is 35.7 Å². The molecule has 9 nitrogen and oxygen atoms in total. The average Bonchev–Trinajstić information content (AvgIpc) is 3.00. The lowest BCUT2D eigenvalue weighted by Gasteiger charge is -2.47. The number of ether oxygens (including phenoxy) is 3. The molecule has 0 radical (unpaired) electrons. The van der Waals surface area contributed by atoms with E-state index in [-0.39, 0.29) is 30.6 Å². The number of carbonyl (C=O) groups excluding carboxylic acids is 3. The van der Waals surface area contributed by atoms with Crippen LogP contribution in [0.4, 0.5) is 5.69 Å². The Bertz CT molecular complexity index is 1310. The Kier molecular flexibility index (Phi) is 8.93. The summed E-state index contributed by atoms with van der Waals surface area (Å²) in [6.07, 6.45) is 0.489. The number of likely N-dealkylation sites (tertiary alicyclic amines) is 1. The molecule has 0 unspecified atom stereocenters. The molecular formula is C31H35N3O6. The summed E-state index contributed by atoms with van der Waals surface area (Å²) < 4.78 is 16.3. The van der Waals surface area contributed by atoms with Gasteiger partial charge in [-0.2, -0.15) is 0 Å². The average molecular weight is 546 g/mol. The molecule has 4 rings (SSSR count). The smallest absolute Gasteiger partial charge is 0.259 e. The van der Waals surface area contributed by atoms with Gasteiger partial charge in [0.1, 0.15) is 22.8 Å². The first-order valence-electron chi connectivity index (χ1n) is 13.1. The molecule has 0 atom stereocenters. The SMILES string of the molecule is COc1ccc(C(=O)N(c2cc(OC)cc(OC)c2)C2(C(=O)NCc3ccccc3)CCN(C(C)=O)CC2)cc1. The predicted molar refractivity (Wildman–Crippen MR) is 152 cm³/mol. The first-order chi connectivity index (χ1) is 19.3. The lowest BCUT2D eigenvalue weighted by molar-refractivity contribution is -0.135. The Morgan fingerprint density at radius 3 is 1.93 bits per heavy atom. The largest absolute Gasteiger partial charge is 0.497 e. The second-order valence-electron chi connectivity index (χ2n) is 9.65. The van der Waals surface area contributed by atoms with E-state index in [1.165, 1.54) is 26.0 Å². The number of anilines is 1. The van der Waals surface area contributed by atoms with Crippen molar-refractivity contribution in [3.8, 4) is 17.2 Å². The fourth-order valence-corrected chi connectivity index (χ4v) is 5.03. The van der Waals surface area contributed by atoms with Crippen LogP contribution >= 0.6 is 0 Å². The summed E-state index contributed by atoms with van der Waals surface area (Å²) in [5.41, 5.74) is 0.466. The maximum atomic E-state index is 14.4. The van der Waals surface area contributed by atoms with Crippen molar-refractivity contribution in [2.45, 2.75) is 31.8 Å². The van der Waals surface area contributed by atoms with Crippen molar-refractivity contribution in [3.05, 3.63) is 83.9 Å². The first kappa shape index (κ1) is 28.5. The molecule has 210 valence electrons. The zero-order valence-corrected chi connectivity index (χ0v) is 23.3. The van der Waals surface area contributed by atoms with Gasteiger partial charge >= 0.3 is 0 Å². The summed E-state index contributed by atoms with van der Waals surface area (Å²) >= 11 is 0. The Morgan fingerprint density at radius 1 is 0.825 bits per heavy atom. The van der Waals surface area contributed by atoms with Crippen molar-refractivity contribution in [2.24, 2.45) is 0 Å². The number of methoxy groups -OCH3 is 3. The fourth-order valence-electron chi connectivity index (χ4n) is 5.03. The number of piperidine rings is 1. The number of nitrogens with zero attached hydrogens (tertiary/aromatic N) is 2. The van der Waals surface area contributed by atoms with Gasteiger partial charge in [-0.1, -0.05) is 30.3 Å². The van der Waals surface area contributed by atoms with E-state index in [1.54, 1.807) is 54.5 Å². The highest BCUT2D eigenvalue weighted by Gasteiger charge is 2.50. The highest BCUT2D eigenvalue weighted by Crippen LogP contribution is 2.39. The van der Waals surface area contributed by atoms with Crippen LogP contribution in [0.25, 0.3) is 0 Å². The summed E-state index contributed by atoms with van der Waals surface area (Å²) in [7, 11) is 4.62. The van der Waals surface area contributed by atoms with Crippen molar-refractivity contribution >= 4 is 23.4 Å². The van der Waals surface area contributed by atoms with Crippen LogP contribution in [0, 0.1) is 0 Å². The number of hydrogen-bond donors (Lipinski definition) is 1. The first-order valence-corrected chi connectivity index (χ1v) is 13.1. The molecule has 0 spiro atoms. The van der Waals surface area contributed by atoms with E-state index in [4.69, 9.17) is 14.2 Å². The van der Waals surface area contributed by atoms with E-state index >= 15 is 0 Å². The minimum Gasteiger partial charge on any atom is -0.497 e. The van der Waals surface area contributed by atoms with Crippen LogP contribution < -0.4 is 24.4 Å². The third-order valence-corrected chi connectivity index (χ3v) is 7.32. The molecule has 40 heavy (non-hydrogen) atoms. The Balaban J connectivity index is 1.84. The van der Waals surface area contributed by atoms with Crippen molar-refractivity contribution in [3.63, 3.8) is 0 Å². The molecule has 1 aliphatic heterocycles. The number of amides is 3. The van der Waals surface area contributed by atoms with Crippen LogP contribution in [-0.2, 0) is 16.1 Å². The molecule has 1 heterocycles. The monoisotopic (exact) mass is 545 g/mol. The Morgan fingerprint density at radius 2 is 1.40 bits per heavy atom. The molecule has 1 aliphatic rings. The molecule has 3 aromatic carbocycles. The number of hydrogen-bond acceptors (Lipinski definition) is 6. The molecule has 1 saturated heterocycles. The number of benzene rings is 3. The van der Waals surface area contributed by atoms with Gasteiger partial charge < -0.3 is 24.4 Å². The highest BCUT2D eigenvalue weighted by molar-refractivity contribution is 6.12. The second-order valence-corrected chi connectivity index (χ2v) is 9.65. The maximum absolute atomic E-state index is 14.4. The normalized spacial score (nSPS) is 14.2. The van der Waals surface area contributed by atoms with Crippen LogP contribution in [0.2, 0.25) is 0 Å². The fraction of sp³-hybridized carbons (Fsp3) is 0.323. The predicted octanol–water partition coefficient (Wildman–Crippen LogP) is 4.06. The van der Waals surface area contributed by atoms with Gasteiger partial charge in [0.05, 0.1) is 27.0 Å². The molecule has 0 saturated carbocycles. The van der Waals surface area contributed by atoms with Gasteiger partial charge in [0.25, 0.3) is 5.91 Å². The van der Waals surface area contributed by atoms with Gasteiger partial charge in [-0.15, -0.1) is 0 Å². The molecule has 0 aromatic heterocycles. The standard InChI is InChI=1S/C31H35N3O6/c1-22(35)33-16-14-31(15-17-33,30(37)32-21-23-8-6-5-7-9-23)34(25-18-27(39-3)20-28(19-25)40-4)29(36)24-10-12-26(38-2)13-11-24/h5-13,18-20H,14-17,21H2,1-4H3,(H,32,37). The summed E-state index contributed by atoms with van der Waals surface area (Å²) in [6, 6.07) is 21.5. The zero-order chi connectivity index (χ0) is 28.7. The van der Waals surface area contributed by atoms with Crippen LogP contribution in [0.3, 0.4) is 0 Å². The lowest BCUT2D eigenvalue weighted by atomic mass is 9.83. The van der Waals surface area contributed by atoms with Crippen LogP contribution in [0.5, 0.6) is 17.2 Å². The van der Waals surface area contributed by atoms with E-state index in [1.807, 2.05) is 30.3 Å². The second kappa shape index (κ2) is 12.5. The Hall–Kier alpha value is -4.53. The molecule has 3 amide bonds. The van der Waals surface area contributed by atoms with E-state index in [0.29, 0.717) is 48.1 Å². The minimum atomic E-state index is -1.30. The van der Waals surface area contributed by atoms with E-state index in [0.717, 1.165) is 5.56 Å². The highest BCUT2D eigenvalue weighted by atomic mass is 16.5. The topological polar surface area (TPSA) is 97.4 Å². The van der Waals surface area contributed by atoms with E-state index in [2.05, 4.69) is 5.32 Å². The van der Waals surface area contributed by atoms with Gasteiger partial charge in [0, 0.05) is 50.3 Å². The molecule has 1 N–H and O–H groups in total. The molecule has 1 fully saturated rings. The van der Waals surface area contributed by atoms with E-state index < -0.39 is 5.54 Å². The summed E-state index contributed by atoms with van der Waals surface area (Å²) in [5.74, 6) is 0.809. The number of carbonyl (C=O) groups is 3. The number of rotatable bonds is 9. The number of nitrogens with one attached hydrogen (secondary N) is 1. The summed E-state index contributed by atoms with van der Waals surface area (Å²) in [5, 5.41) is 3.07. The third kappa shape index (κ3) is 6.03. The third-order valence-electron chi connectivity index (χ3n) is 7.32. The minimum absolute atomic E-state index is 0.0747. The lowest BCUT2D eigenvalue weighted by Crippen LogP contribution is -2.65. The van der Waals surface area contributed by atoms with Crippen molar-refractivity contribution in [1.29, 1.82) is 0 Å². The van der Waals surface area contributed by atoms with Crippen LogP contribution in [-0.4, -0.2) is 62.6 Å². The summed E-state index contributed by atoms with van der Waals surface area (Å²) in [6.45, 7) is 2.45.